The third-order valence-electron chi connectivity index (χ3n) is 3.90. The highest BCUT2D eigenvalue weighted by atomic mass is 19.3. The number of nitrogens with zero attached hydrogens (tertiary/aromatic N) is 1. The summed E-state index contributed by atoms with van der Waals surface area (Å²) in [5.74, 6) is -2.29. The molecule has 1 atom stereocenters. The van der Waals surface area contributed by atoms with Crippen molar-refractivity contribution in [2.45, 2.75) is 37.0 Å². The van der Waals surface area contributed by atoms with E-state index < -0.39 is 11.3 Å². The van der Waals surface area contributed by atoms with Gasteiger partial charge >= 0.3 is 0 Å². The predicted octanol–water partition coefficient (Wildman–Crippen LogP) is 3.84. The van der Waals surface area contributed by atoms with Crippen LogP contribution in [0.1, 0.15) is 31.2 Å². The molecule has 4 heteroatoms. The van der Waals surface area contributed by atoms with Gasteiger partial charge in [-0.15, -0.1) is 0 Å². The fourth-order valence-corrected chi connectivity index (χ4v) is 2.95. The maximum Gasteiger partial charge on any atom is 0.262 e. The van der Waals surface area contributed by atoms with Gasteiger partial charge in [-0.2, -0.15) is 0 Å². The Hall–Kier alpha value is -1.45. The zero-order valence-electron chi connectivity index (χ0n) is 11.3. The lowest BCUT2D eigenvalue weighted by atomic mass is 9.67. The quantitative estimate of drug-likeness (QED) is 0.762. The smallest absolute Gasteiger partial charge is 0.262 e. The molecule has 0 aromatic heterocycles. The number of ether oxygens (including phenoxy) is 1. The minimum absolute atomic E-state index is 0.100. The Kier molecular flexibility index (Phi) is 3.88. The third-order valence-corrected chi connectivity index (χ3v) is 3.90. The lowest BCUT2D eigenvalue weighted by Crippen LogP contribution is -2.49. The molecule has 2 nitrogen and oxygen atoms in total. The Labute approximate surface area is 112 Å². The Morgan fingerprint density at radius 3 is 2.53 bits per heavy atom. The topological polar surface area (TPSA) is 21.6 Å². The summed E-state index contributed by atoms with van der Waals surface area (Å²) in [4.78, 5) is 3.92. The van der Waals surface area contributed by atoms with E-state index in [2.05, 4.69) is 4.99 Å². The summed E-state index contributed by atoms with van der Waals surface area (Å²) in [6, 6.07) is 7.01. The molecule has 104 valence electrons. The monoisotopic (exact) mass is 267 g/mol. The molecule has 0 N–H and O–H groups in total. The summed E-state index contributed by atoms with van der Waals surface area (Å²) in [6.07, 6.45) is 3.04. The number of hydrogen-bond donors (Lipinski definition) is 0. The van der Waals surface area contributed by atoms with Crippen LogP contribution in [0.4, 0.5) is 8.78 Å². The molecule has 0 heterocycles. The van der Waals surface area contributed by atoms with E-state index in [4.69, 9.17) is 4.74 Å². The molecule has 0 radical (unpaired) electrons. The second-order valence-corrected chi connectivity index (χ2v) is 4.97. The second-order valence-electron chi connectivity index (χ2n) is 4.97. The van der Waals surface area contributed by atoms with Gasteiger partial charge in [0.1, 0.15) is 5.75 Å². The predicted molar refractivity (Wildman–Crippen MR) is 72.5 cm³/mol. The van der Waals surface area contributed by atoms with Gasteiger partial charge in [0.2, 0.25) is 0 Å². The fraction of sp³-hybridized carbons (Fsp3) is 0.533. The van der Waals surface area contributed by atoms with Crippen LogP contribution in [0.15, 0.2) is 29.3 Å². The molecule has 1 aliphatic rings. The van der Waals surface area contributed by atoms with E-state index in [-0.39, 0.29) is 6.42 Å². The van der Waals surface area contributed by atoms with Gasteiger partial charge in [-0.3, -0.25) is 4.99 Å². The van der Waals surface area contributed by atoms with E-state index in [9.17, 15) is 8.78 Å². The van der Waals surface area contributed by atoms with Crippen LogP contribution in [0.5, 0.6) is 5.75 Å². The van der Waals surface area contributed by atoms with E-state index in [0.29, 0.717) is 24.2 Å². The summed E-state index contributed by atoms with van der Waals surface area (Å²) in [5.41, 5.74) is -0.806. The van der Waals surface area contributed by atoms with Crippen molar-refractivity contribution in [2.24, 2.45) is 4.99 Å². The van der Waals surface area contributed by atoms with Crippen LogP contribution in [-0.2, 0) is 5.41 Å². The van der Waals surface area contributed by atoms with E-state index in [1.807, 2.05) is 0 Å². The van der Waals surface area contributed by atoms with E-state index >= 15 is 0 Å². The number of hydrogen-bond acceptors (Lipinski definition) is 2. The number of alkyl halides is 2. The lowest BCUT2D eigenvalue weighted by molar-refractivity contribution is -0.0778. The maximum atomic E-state index is 14.6. The SMILES string of the molecule is CN=C[C@]1(c2ccccc2OC)CCCCC1(F)F. The molecule has 0 amide bonds. The molecule has 0 bridgehead atoms. The minimum Gasteiger partial charge on any atom is -0.496 e. The van der Waals surface area contributed by atoms with Crippen LogP contribution in [0.3, 0.4) is 0 Å². The number of benzene rings is 1. The highest BCUT2D eigenvalue weighted by Crippen LogP contribution is 2.51. The molecular formula is C15H19F2NO. The van der Waals surface area contributed by atoms with Gasteiger partial charge in [0, 0.05) is 25.2 Å². The summed E-state index contributed by atoms with van der Waals surface area (Å²) < 4.78 is 34.4. The second kappa shape index (κ2) is 5.27. The molecule has 1 fully saturated rings. The third kappa shape index (κ3) is 2.24. The van der Waals surface area contributed by atoms with Gasteiger partial charge in [0.15, 0.2) is 0 Å². The standard InChI is InChI=1S/C15H19F2NO/c1-18-11-14(9-5-6-10-15(14,16)17)12-7-3-4-8-13(12)19-2/h3-4,7-8,11H,5-6,9-10H2,1-2H3/t14-/m0/s1. The van der Waals surface area contributed by atoms with Crippen molar-refractivity contribution in [3.8, 4) is 5.75 Å². The average molecular weight is 267 g/mol. The average Bonchev–Trinajstić information content (AvgIpc) is 2.41. The molecule has 19 heavy (non-hydrogen) atoms. The van der Waals surface area contributed by atoms with Gasteiger partial charge in [-0.1, -0.05) is 24.6 Å². The summed E-state index contributed by atoms with van der Waals surface area (Å²) >= 11 is 0. The largest absolute Gasteiger partial charge is 0.496 e. The van der Waals surface area contributed by atoms with Gasteiger partial charge in [0.05, 0.1) is 12.5 Å². The highest BCUT2D eigenvalue weighted by Gasteiger charge is 2.55. The molecule has 1 aromatic rings. The van der Waals surface area contributed by atoms with Gasteiger partial charge in [-0.05, 0) is 18.9 Å². The van der Waals surface area contributed by atoms with Crippen LogP contribution in [0.25, 0.3) is 0 Å². The first kappa shape index (κ1) is 14.0. The molecule has 1 aromatic carbocycles. The van der Waals surface area contributed by atoms with Crippen molar-refractivity contribution in [1.82, 2.24) is 0 Å². The summed E-state index contributed by atoms with van der Waals surface area (Å²) in [6.45, 7) is 0. The van der Waals surface area contributed by atoms with Crippen molar-refractivity contribution >= 4 is 6.21 Å². The van der Waals surface area contributed by atoms with Crippen LogP contribution in [0.2, 0.25) is 0 Å². The summed E-state index contributed by atoms with van der Waals surface area (Å²) in [7, 11) is 3.05. The first-order valence-electron chi connectivity index (χ1n) is 6.52. The number of methoxy groups -OCH3 is 1. The van der Waals surface area contributed by atoms with Crippen molar-refractivity contribution in [3.05, 3.63) is 29.8 Å². The fourth-order valence-electron chi connectivity index (χ4n) is 2.95. The van der Waals surface area contributed by atoms with Crippen molar-refractivity contribution in [1.29, 1.82) is 0 Å². The van der Waals surface area contributed by atoms with E-state index in [0.717, 1.165) is 6.42 Å². The van der Waals surface area contributed by atoms with E-state index in [1.165, 1.54) is 13.3 Å². The minimum atomic E-state index is -2.79. The van der Waals surface area contributed by atoms with Crippen LogP contribution in [0, 0.1) is 0 Å². The number of aliphatic imine (C=N–C) groups is 1. The number of halogens is 2. The molecular weight excluding hydrogens is 248 g/mol. The number of rotatable bonds is 3. The molecule has 1 saturated carbocycles. The van der Waals surface area contributed by atoms with Gasteiger partial charge < -0.3 is 4.74 Å². The molecule has 2 rings (SSSR count). The zero-order valence-corrected chi connectivity index (χ0v) is 11.3. The number of para-hydroxylation sites is 1. The molecule has 0 spiro atoms. The Morgan fingerprint density at radius 1 is 1.21 bits per heavy atom. The Balaban J connectivity index is 2.61. The summed E-state index contributed by atoms with van der Waals surface area (Å²) in [5, 5.41) is 0. The molecule has 0 saturated heterocycles. The lowest BCUT2D eigenvalue weighted by Gasteiger charge is -2.42. The zero-order chi connectivity index (χ0) is 13.9. The highest BCUT2D eigenvalue weighted by molar-refractivity contribution is 5.77. The van der Waals surface area contributed by atoms with Crippen LogP contribution >= 0.6 is 0 Å². The van der Waals surface area contributed by atoms with Crippen LogP contribution in [-0.4, -0.2) is 26.3 Å². The van der Waals surface area contributed by atoms with Crippen molar-refractivity contribution < 1.29 is 13.5 Å². The maximum absolute atomic E-state index is 14.6. The van der Waals surface area contributed by atoms with Crippen molar-refractivity contribution in [3.63, 3.8) is 0 Å². The molecule has 0 unspecified atom stereocenters. The van der Waals surface area contributed by atoms with Crippen LogP contribution < -0.4 is 4.74 Å². The Bertz CT molecular complexity index is 473. The Morgan fingerprint density at radius 2 is 1.89 bits per heavy atom. The van der Waals surface area contributed by atoms with Gasteiger partial charge in [0.25, 0.3) is 5.92 Å². The first-order valence-corrected chi connectivity index (χ1v) is 6.52. The molecule has 0 aliphatic heterocycles. The molecule has 1 aliphatic carbocycles. The van der Waals surface area contributed by atoms with Gasteiger partial charge in [-0.25, -0.2) is 8.78 Å². The normalized spacial score (nSPS) is 26.5. The first-order chi connectivity index (χ1) is 9.07. The van der Waals surface area contributed by atoms with E-state index in [1.54, 1.807) is 31.3 Å². The van der Waals surface area contributed by atoms with Crippen molar-refractivity contribution in [2.75, 3.05) is 14.2 Å².